The zero-order chi connectivity index (χ0) is 22.1. The number of rotatable bonds is 3. The fourth-order valence-corrected chi connectivity index (χ4v) is 5.28. The van der Waals surface area contributed by atoms with Crippen molar-refractivity contribution in [3.63, 3.8) is 0 Å². The Balaban J connectivity index is 1.81. The number of amides is 2. The molecule has 0 bridgehead atoms. The van der Waals surface area contributed by atoms with Crippen LogP contribution in [0.4, 0.5) is 4.79 Å². The summed E-state index contributed by atoms with van der Waals surface area (Å²) < 4.78 is 29.9. The van der Waals surface area contributed by atoms with Crippen LogP contribution in [0.3, 0.4) is 0 Å². The second kappa shape index (κ2) is 8.79. The van der Waals surface area contributed by atoms with Gasteiger partial charge in [-0.05, 0) is 57.2 Å². The van der Waals surface area contributed by atoms with E-state index in [1.165, 1.54) is 0 Å². The van der Waals surface area contributed by atoms with Crippen molar-refractivity contribution in [2.75, 3.05) is 26.2 Å². The van der Waals surface area contributed by atoms with Crippen LogP contribution in [0, 0.1) is 13.8 Å². The number of hydrogen-bond acceptors (Lipinski definition) is 4. The van der Waals surface area contributed by atoms with Gasteiger partial charge in [-0.25, -0.2) is 4.79 Å². The zero-order valence-corrected chi connectivity index (χ0v) is 19.3. The number of amidine groups is 1. The first kappa shape index (κ1) is 22.3. The SMILES string of the molecule is CCC(C)NC(=O)N1CCCN(C2=NS(=O)(=O)C(c3ccc(C)c(C)c3)=C2C)CC1. The summed E-state index contributed by atoms with van der Waals surface area (Å²) in [6.45, 7) is 12.2. The van der Waals surface area contributed by atoms with Gasteiger partial charge < -0.3 is 15.1 Å². The Hall–Kier alpha value is -2.35. The number of sulfonamides is 1. The molecule has 2 amide bonds. The molecule has 0 aromatic heterocycles. The lowest BCUT2D eigenvalue weighted by atomic mass is 10.0. The summed E-state index contributed by atoms with van der Waals surface area (Å²) in [4.78, 5) is 16.6. The first-order valence-corrected chi connectivity index (χ1v) is 12.0. The molecular weight excluding hydrogens is 400 g/mol. The van der Waals surface area contributed by atoms with Crippen molar-refractivity contribution in [1.82, 2.24) is 15.1 Å². The van der Waals surface area contributed by atoms with Gasteiger partial charge in [0.1, 0.15) is 10.7 Å². The number of urea groups is 1. The van der Waals surface area contributed by atoms with Crippen LogP contribution in [0.5, 0.6) is 0 Å². The van der Waals surface area contributed by atoms with E-state index in [0.717, 1.165) is 24.0 Å². The smallest absolute Gasteiger partial charge is 0.317 e. The molecule has 2 aliphatic rings. The third-order valence-corrected chi connectivity index (χ3v) is 7.45. The molecule has 2 heterocycles. The largest absolute Gasteiger partial charge is 0.354 e. The predicted molar refractivity (Wildman–Crippen MR) is 121 cm³/mol. The molecule has 8 heteroatoms. The quantitative estimate of drug-likeness (QED) is 0.795. The third-order valence-electron chi connectivity index (χ3n) is 5.97. The fourth-order valence-electron chi connectivity index (χ4n) is 3.80. The maximum Gasteiger partial charge on any atom is 0.317 e. The summed E-state index contributed by atoms with van der Waals surface area (Å²) in [5.41, 5.74) is 3.53. The molecule has 0 aliphatic carbocycles. The number of aryl methyl sites for hydroxylation is 2. The van der Waals surface area contributed by atoms with Gasteiger partial charge in [-0.15, -0.1) is 4.40 Å². The van der Waals surface area contributed by atoms with E-state index in [9.17, 15) is 13.2 Å². The van der Waals surface area contributed by atoms with Crippen LogP contribution in [-0.2, 0) is 10.0 Å². The zero-order valence-electron chi connectivity index (χ0n) is 18.5. The number of hydrogen-bond donors (Lipinski definition) is 1. The monoisotopic (exact) mass is 432 g/mol. The summed E-state index contributed by atoms with van der Waals surface area (Å²) in [7, 11) is -3.75. The third kappa shape index (κ3) is 4.53. The highest BCUT2D eigenvalue weighted by atomic mass is 32.2. The van der Waals surface area contributed by atoms with Crippen LogP contribution >= 0.6 is 0 Å². The molecule has 0 radical (unpaired) electrons. The average molecular weight is 433 g/mol. The number of benzene rings is 1. The molecule has 1 atom stereocenters. The van der Waals surface area contributed by atoms with Crippen molar-refractivity contribution >= 4 is 26.8 Å². The normalized spacial score (nSPS) is 20.1. The minimum absolute atomic E-state index is 0.0599. The molecule has 1 saturated heterocycles. The van der Waals surface area contributed by atoms with Gasteiger partial charge in [0.25, 0.3) is 10.0 Å². The molecular formula is C22H32N4O3S. The number of nitrogens with zero attached hydrogens (tertiary/aromatic N) is 3. The number of nitrogens with one attached hydrogen (secondary N) is 1. The number of carbonyl (C=O) groups excluding carboxylic acids is 1. The van der Waals surface area contributed by atoms with E-state index in [1.54, 1.807) is 4.90 Å². The van der Waals surface area contributed by atoms with Crippen LogP contribution in [-0.4, -0.2) is 62.3 Å². The Morgan fingerprint density at radius 3 is 2.53 bits per heavy atom. The maximum absolute atomic E-state index is 12.9. The van der Waals surface area contributed by atoms with Crippen molar-refractivity contribution < 1.29 is 13.2 Å². The van der Waals surface area contributed by atoms with Crippen molar-refractivity contribution in [2.24, 2.45) is 4.40 Å². The molecule has 1 fully saturated rings. The summed E-state index contributed by atoms with van der Waals surface area (Å²) >= 11 is 0. The van der Waals surface area contributed by atoms with Crippen LogP contribution in [0.25, 0.3) is 4.91 Å². The van der Waals surface area contributed by atoms with E-state index >= 15 is 0 Å². The van der Waals surface area contributed by atoms with Gasteiger partial charge in [-0.1, -0.05) is 25.1 Å². The van der Waals surface area contributed by atoms with E-state index in [1.807, 2.05) is 57.7 Å². The minimum atomic E-state index is -3.75. The van der Waals surface area contributed by atoms with Crippen LogP contribution < -0.4 is 5.32 Å². The van der Waals surface area contributed by atoms with Gasteiger partial charge in [-0.3, -0.25) is 0 Å². The molecule has 0 saturated carbocycles. The molecule has 1 unspecified atom stereocenters. The van der Waals surface area contributed by atoms with E-state index in [4.69, 9.17) is 0 Å². The maximum atomic E-state index is 12.9. The van der Waals surface area contributed by atoms with Crippen molar-refractivity contribution in [2.45, 2.75) is 53.5 Å². The van der Waals surface area contributed by atoms with Crippen LogP contribution in [0.1, 0.15) is 50.3 Å². The summed E-state index contributed by atoms with van der Waals surface area (Å²) in [6, 6.07) is 5.77. The predicted octanol–water partition coefficient (Wildman–Crippen LogP) is 3.29. The van der Waals surface area contributed by atoms with E-state index in [-0.39, 0.29) is 17.0 Å². The minimum Gasteiger partial charge on any atom is -0.354 e. The molecule has 1 N–H and O–H groups in total. The molecule has 30 heavy (non-hydrogen) atoms. The molecule has 0 spiro atoms. The first-order valence-electron chi connectivity index (χ1n) is 10.6. The highest BCUT2D eigenvalue weighted by Gasteiger charge is 2.34. The second-order valence-corrected chi connectivity index (χ2v) is 9.77. The fraction of sp³-hybridized carbons (Fsp3) is 0.545. The van der Waals surface area contributed by atoms with Gasteiger partial charge >= 0.3 is 6.03 Å². The molecule has 3 rings (SSSR count). The second-order valence-electron chi connectivity index (χ2n) is 8.23. The Labute approximate surface area is 179 Å². The van der Waals surface area contributed by atoms with E-state index in [0.29, 0.717) is 43.2 Å². The standard InChI is InChI=1S/C22H32N4O3S/c1-6-17(4)23-22(27)26-11-7-10-25(12-13-26)21-18(5)20(30(28,29)24-21)19-9-8-15(2)16(3)14-19/h8-9,14,17H,6-7,10-13H2,1-5H3,(H,23,27). The topological polar surface area (TPSA) is 82.1 Å². The lowest BCUT2D eigenvalue weighted by Gasteiger charge is -2.25. The summed E-state index contributed by atoms with van der Waals surface area (Å²) in [5, 5.41) is 3.00. The molecule has 7 nitrogen and oxygen atoms in total. The molecule has 164 valence electrons. The van der Waals surface area contributed by atoms with Gasteiger partial charge in [0.2, 0.25) is 0 Å². The Morgan fingerprint density at radius 2 is 1.87 bits per heavy atom. The van der Waals surface area contributed by atoms with Crippen molar-refractivity contribution in [1.29, 1.82) is 0 Å². The van der Waals surface area contributed by atoms with Crippen LogP contribution in [0.2, 0.25) is 0 Å². The lowest BCUT2D eigenvalue weighted by Crippen LogP contribution is -2.45. The van der Waals surface area contributed by atoms with Gasteiger partial charge in [0, 0.05) is 37.8 Å². The van der Waals surface area contributed by atoms with Gasteiger partial charge in [0.05, 0.1) is 0 Å². The Bertz CT molecular complexity index is 998. The molecule has 1 aromatic carbocycles. The lowest BCUT2D eigenvalue weighted by molar-refractivity contribution is 0.196. The van der Waals surface area contributed by atoms with Crippen molar-refractivity contribution in [3.05, 3.63) is 40.5 Å². The summed E-state index contributed by atoms with van der Waals surface area (Å²) in [6.07, 6.45) is 1.64. The van der Waals surface area contributed by atoms with E-state index < -0.39 is 10.0 Å². The Kier molecular flexibility index (Phi) is 6.55. The van der Waals surface area contributed by atoms with E-state index in [2.05, 4.69) is 9.71 Å². The van der Waals surface area contributed by atoms with Crippen LogP contribution in [0.15, 0.2) is 28.2 Å². The highest BCUT2D eigenvalue weighted by Crippen LogP contribution is 2.34. The Morgan fingerprint density at radius 1 is 1.13 bits per heavy atom. The van der Waals surface area contributed by atoms with Gasteiger partial charge in [0.15, 0.2) is 0 Å². The first-order chi connectivity index (χ1) is 14.1. The average Bonchev–Trinajstić information content (AvgIpc) is 2.85. The van der Waals surface area contributed by atoms with Gasteiger partial charge in [-0.2, -0.15) is 8.42 Å². The highest BCUT2D eigenvalue weighted by molar-refractivity contribution is 8.00. The summed E-state index contributed by atoms with van der Waals surface area (Å²) in [5.74, 6) is 0.507. The molecule has 2 aliphatic heterocycles. The van der Waals surface area contributed by atoms with Crippen molar-refractivity contribution in [3.8, 4) is 0 Å². The molecule has 1 aromatic rings. The number of carbonyl (C=O) groups is 1.